The molecule has 0 amide bonds. The van der Waals surface area contributed by atoms with Crippen molar-refractivity contribution in [3.05, 3.63) is 35.4 Å². The van der Waals surface area contributed by atoms with Crippen LogP contribution in [0.3, 0.4) is 0 Å². The molecule has 0 bridgehead atoms. The Kier molecular flexibility index (Phi) is 2.32. The summed E-state index contributed by atoms with van der Waals surface area (Å²) in [4.78, 5) is 10.6. The van der Waals surface area contributed by atoms with Crippen molar-refractivity contribution in [2.45, 2.75) is 11.3 Å². The fourth-order valence-corrected chi connectivity index (χ4v) is 2.81. The van der Waals surface area contributed by atoms with Gasteiger partial charge < -0.3 is 10.1 Å². The second-order valence-electron chi connectivity index (χ2n) is 3.18. The van der Waals surface area contributed by atoms with Crippen LogP contribution in [0.4, 0.5) is 5.69 Å². The molecule has 78 valence electrons. The Hall–Kier alpha value is -1.62. The van der Waals surface area contributed by atoms with Crippen LogP contribution in [0.5, 0.6) is 0 Å². The molecular formula is C10H9NO3S. The third-order valence-electron chi connectivity index (χ3n) is 2.09. The van der Waals surface area contributed by atoms with Crippen LogP contribution < -0.4 is 5.32 Å². The van der Waals surface area contributed by atoms with E-state index in [1.54, 1.807) is 18.2 Å². The van der Waals surface area contributed by atoms with E-state index in [0.29, 0.717) is 17.7 Å². The normalized spacial score (nSPS) is 17.2. The van der Waals surface area contributed by atoms with E-state index in [2.05, 4.69) is 5.32 Å². The Balaban J connectivity index is 2.54. The number of benzene rings is 1. The van der Waals surface area contributed by atoms with Crippen LogP contribution in [0.2, 0.25) is 0 Å². The van der Waals surface area contributed by atoms with Gasteiger partial charge in [0.15, 0.2) is 0 Å². The molecule has 0 aromatic heterocycles. The van der Waals surface area contributed by atoms with Crippen LogP contribution in [0, 0.1) is 0 Å². The van der Waals surface area contributed by atoms with Gasteiger partial charge in [0, 0.05) is 12.1 Å². The van der Waals surface area contributed by atoms with Gasteiger partial charge in [0.25, 0.3) is 0 Å². The first-order chi connectivity index (χ1) is 7.13. The van der Waals surface area contributed by atoms with Crippen LogP contribution in [0.25, 0.3) is 0 Å². The van der Waals surface area contributed by atoms with Gasteiger partial charge in [-0.05, 0) is 12.1 Å². The Morgan fingerprint density at radius 3 is 2.73 bits per heavy atom. The fourth-order valence-electron chi connectivity index (χ4n) is 1.46. The average molecular weight is 223 g/mol. The number of anilines is 1. The number of carbonyl (C=O) groups is 1. The molecule has 0 fully saturated rings. The smallest absolute Gasteiger partial charge is 0.203 e. The lowest BCUT2D eigenvalue weighted by molar-refractivity contribution is -0.107. The molecular weight excluding hydrogens is 214 g/mol. The van der Waals surface area contributed by atoms with E-state index in [1.165, 1.54) is 6.07 Å². The maximum atomic E-state index is 11.7. The van der Waals surface area contributed by atoms with Gasteiger partial charge in [0.1, 0.15) is 6.29 Å². The quantitative estimate of drug-likeness (QED) is 0.768. The van der Waals surface area contributed by atoms with Crippen molar-refractivity contribution in [3.63, 3.8) is 0 Å². The molecule has 0 radical (unpaired) electrons. The van der Waals surface area contributed by atoms with Gasteiger partial charge in [0.05, 0.1) is 16.0 Å². The number of nitrogens with one attached hydrogen (secondary N) is 1. The topological polar surface area (TPSA) is 63.2 Å². The van der Waals surface area contributed by atoms with Crippen LogP contribution in [-0.2, 0) is 14.6 Å². The highest BCUT2D eigenvalue weighted by molar-refractivity contribution is 7.94. The lowest BCUT2D eigenvalue weighted by Gasteiger charge is -2.17. The zero-order valence-electron chi connectivity index (χ0n) is 7.80. The molecule has 1 aromatic rings. The maximum Gasteiger partial charge on any atom is 0.203 e. The van der Waals surface area contributed by atoms with E-state index < -0.39 is 9.84 Å². The standard InChI is InChI=1S/C10H9NO3S/c12-6-5-8-7-15(13,14)10-4-2-1-3-9(10)11-8/h1-4,6-7,11H,5H2. The highest BCUT2D eigenvalue weighted by atomic mass is 32.2. The minimum absolute atomic E-state index is 0.0769. The number of carbonyl (C=O) groups excluding carboxylic acids is 1. The molecule has 1 aliphatic heterocycles. The molecule has 1 N–H and O–H groups in total. The minimum atomic E-state index is -3.40. The van der Waals surface area contributed by atoms with E-state index in [0.717, 1.165) is 5.41 Å². The Morgan fingerprint density at radius 2 is 2.00 bits per heavy atom. The van der Waals surface area contributed by atoms with Crippen molar-refractivity contribution in [2.75, 3.05) is 5.32 Å². The zero-order valence-corrected chi connectivity index (χ0v) is 8.62. The van der Waals surface area contributed by atoms with E-state index >= 15 is 0 Å². The van der Waals surface area contributed by atoms with E-state index in [9.17, 15) is 13.2 Å². The minimum Gasteiger partial charge on any atom is -0.357 e. The maximum absolute atomic E-state index is 11.7. The summed E-state index contributed by atoms with van der Waals surface area (Å²) in [6.07, 6.45) is 0.746. The summed E-state index contributed by atoms with van der Waals surface area (Å²) in [6, 6.07) is 6.61. The Bertz CT molecular complexity index is 531. The third-order valence-corrected chi connectivity index (χ3v) is 3.65. The highest BCUT2D eigenvalue weighted by Gasteiger charge is 2.21. The molecule has 0 atom stereocenters. The number of rotatable bonds is 2. The average Bonchev–Trinajstić information content (AvgIpc) is 2.17. The SMILES string of the molecule is O=CCC1=CS(=O)(=O)c2ccccc2N1. The summed E-state index contributed by atoms with van der Waals surface area (Å²) in [5.74, 6) is 0. The molecule has 4 nitrogen and oxygen atoms in total. The lowest BCUT2D eigenvalue weighted by Crippen LogP contribution is -2.13. The van der Waals surface area contributed by atoms with Crippen LogP contribution >= 0.6 is 0 Å². The van der Waals surface area contributed by atoms with Crippen LogP contribution in [0.1, 0.15) is 6.42 Å². The Labute approximate surface area is 87.5 Å². The largest absolute Gasteiger partial charge is 0.357 e. The number of sulfone groups is 1. The molecule has 15 heavy (non-hydrogen) atoms. The molecule has 0 unspecified atom stereocenters. The van der Waals surface area contributed by atoms with E-state index in [-0.39, 0.29) is 11.3 Å². The van der Waals surface area contributed by atoms with Crippen molar-refractivity contribution in [2.24, 2.45) is 0 Å². The summed E-state index contributed by atoms with van der Waals surface area (Å²) < 4.78 is 23.5. The Morgan fingerprint density at radius 1 is 1.27 bits per heavy atom. The first-order valence-corrected chi connectivity index (χ1v) is 5.93. The number of fused-ring (bicyclic) bond motifs is 1. The van der Waals surface area contributed by atoms with Crippen molar-refractivity contribution < 1.29 is 13.2 Å². The third kappa shape index (κ3) is 1.78. The van der Waals surface area contributed by atoms with Gasteiger partial charge in [-0.1, -0.05) is 12.1 Å². The van der Waals surface area contributed by atoms with Gasteiger partial charge in [0.2, 0.25) is 9.84 Å². The van der Waals surface area contributed by atoms with Crippen molar-refractivity contribution in [3.8, 4) is 0 Å². The van der Waals surface area contributed by atoms with Crippen molar-refractivity contribution in [1.29, 1.82) is 0 Å². The van der Waals surface area contributed by atoms with Gasteiger partial charge >= 0.3 is 0 Å². The predicted molar refractivity (Wildman–Crippen MR) is 56.0 cm³/mol. The molecule has 1 heterocycles. The molecule has 0 saturated carbocycles. The first kappa shape index (κ1) is 9.92. The summed E-state index contributed by atoms with van der Waals surface area (Å²) in [5, 5.41) is 4.01. The first-order valence-electron chi connectivity index (χ1n) is 4.39. The van der Waals surface area contributed by atoms with E-state index in [1.807, 2.05) is 0 Å². The lowest BCUT2D eigenvalue weighted by atomic mass is 10.3. The summed E-state index contributed by atoms with van der Waals surface area (Å²) in [5.41, 5.74) is 0.931. The van der Waals surface area contributed by atoms with Gasteiger partial charge in [-0.3, -0.25) is 0 Å². The second kappa shape index (κ2) is 3.51. The van der Waals surface area contributed by atoms with Gasteiger partial charge in [-0.15, -0.1) is 0 Å². The number of allylic oxidation sites excluding steroid dienone is 1. The zero-order chi connectivity index (χ0) is 10.9. The predicted octanol–water partition coefficient (Wildman–Crippen LogP) is 1.32. The van der Waals surface area contributed by atoms with Crippen molar-refractivity contribution >= 4 is 21.8 Å². The van der Waals surface area contributed by atoms with Crippen molar-refractivity contribution in [1.82, 2.24) is 0 Å². The molecule has 1 aliphatic rings. The molecule has 1 aromatic carbocycles. The molecule has 2 rings (SSSR count). The molecule has 0 spiro atoms. The number of hydrogen-bond acceptors (Lipinski definition) is 4. The van der Waals surface area contributed by atoms with Crippen LogP contribution in [0.15, 0.2) is 40.3 Å². The summed E-state index contributed by atoms with van der Waals surface area (Å²) >= 11 is 0. The number of para-hydroxylation sites is 1. The van der Waals surface area contributed by atoms with Gasteiger partial charge in [-0.25, -0.2) is 8.42 Å². The van der Waals surface area contributed by atoms with Crippen LogP contribution in [-0.4, -0.2) is 14.7 Å². The second-order valence-corrected chi connectivity index (χ2v) is 4.95. The monoisotopic (exact) mass is 223 g/mol. The number of aldehydes is 1. The molecule has 5 heteroatoms. The number of hydrogen-bond donors (Lipinski definition) is 1. The molecule has 0 saturated heterocycles. The summed E-state index contributed by atoms with van der Waals surface area (Å²) in [7, 11) is -3.40. The van der Waals surface area contributed by atoms with E-state index in [4.69, 9.17) is 0 Å². The highest BCUT2D eigenvalue weighted by Crippen LogP contribution is 2.29. The fraction of sp³-hybridized carbons (Fsp3) is 0.100. The molecule has 0 aliphatic carbocycles. The van der Waals surface area contributed by atoms with Gasteiger partial charge in [-0.2, -0.15) is 0 Å². The summed E-state index contributed by atoms with van der Waals surface area (Å²) in [6.45, 7) is 0.